The third-order valence-electron chi connectivity index (χ3n) is 2.72. The predicted molar refractivity (Wildman–Crippen MR) is 88.1 cm³/mol. The van der Waals surface area contributed by atoms with Crippen molar-refractivity contribution in [3.63, 3.8) is 0 Å². The van der Waals surface area contributed by atoms with Crippen LogP contribution < -0.4 is 0 Å². The van der Waals surface area contributed by atoms with Crippen molar-refractivity contribution in [1.82, 2.24) is 0 Å². The van der Waals surface area contributed by atoms with E-state index in [2.05, 4.69) is 31.9 Å². The Bertz CT molecular complexity index is 587. The van der Waals surface area contributed by atoms with Crippen molar-refractivity contribution in [3.8, 4) is 0 Å². The molecule has 0 spiro atoms. The molecule has 2 aromatic rings. The summed E-state index contributed by atoms with van der Waals surface area (Å²) in [7, 11) is 0. The first-order valence-electron chi connectivity index (χ1n) is 5.45. The van der Waals surface area contributed by atoms with Crippen LogP contribution in [0.1, 0.15) is 16.0 Å². The molecule has 0 radical (unpaired) electrons. The molecule has 2 rings (SSSR count). The summed E-state index contributed by atoms with van der Waals surface area (Å²) >= 11 is 14.4. The van der Waals surface area contributed by atoms with Crippen LogP contribution in [-0.4, -0.2) is 6.26 Å². The van der Waals surface area contributed by atoms with Gasteiger partial charge in [-0.05, 0) is 52.0 Å². The quantitative estimate of drug-likeness (QED) is 0.310. The van der Waals surface area contributed by atoms with Crippen molar-refractivity contribution in [2.45, 2.75) is 9.72 Å². The first-order chi connectivity index (χ1) is 9.02. The highest BCUT2D eigenvalue weighted by atomic mass is 79.9. The van der Waals surface area contributed by atoms with Gasteiger partial charge in [0.05, 0.1) is 9.85 Å². The molecular formula is C14H10Br2ClFS. The van der Waals surface area contributed by atoms with Gasteiger partial charge in [-0.2, -0.15) is 0 Å². The predicted octanol–water partition coefficient (Wildman–Crippen LogP) is 6.45. The molecule has 100 valence electrons. The summed E-state index contributed by atoms with van der Waals surface area (Å²) < 4.78 is 14.6. The average Bonchev–Trinajstić information content (AvgIpc) is 2.42. The molecule has 1 atom stereocenters. The number of benzene rings is 2. The molecule has 5 heteroatoms. The Morgan fingerprint density at radius 2 is 1.84 bits per heavy atom. The minimum atomic E-state index is -0.285. The molecule has 0 bridgehead atoms. The zero-order valence-corrected chi connectivity index (χ0v) is 14.7. The highest BCUT2D eigenvalue weighted by molar-refractivity contribution is 9.10. The topological polar surface area (TPSA) is 0 Å². The van der Waals surface area contributed by atoms with E-state index < -0.39 is 0 Å². The molecule has 0 amide bonds. The maximum Gasteiger partial charge on any atom is 0.129 e. The van der Waals surface area contributed by atoms with Crippen LogP contribution >= 0.6 is 55.2 Å². The van der Waals surface area contributed by atoms with Crippen LogP contribution in [0, 0.1) is 5.82 Å². The highest BCUT2D eigenvalue weighted by Gasteiger charge is 2.16. The second-order valence-electron chi connectivity index (χ2n) is 3.92. The third-order valence-corrected chi connectivity index (χ3v) is 5.68. The van der Waals surface area contributed by atoms with Crippen molar-refractivity contribution in [3.05, 3.63) is 62.8 Å². The van der Waals surface area contributed by atoms with Gasteiger partial charge >= 0.3 is 0 Å². The average molecular weight is 425 g/mol. The summed E-state index contributed by atoms with van der Waals surface area (Å²) in [6, 6.07) is 11.0. The van der Waals surface area contributed by atoms with E-state index in [1.807, 2.05) is 30.5 Å². The molecule has 0 N–H and O–H groups in total. The fraction of sp³-hybridized carbons (Fsp3) is 0.143. The molecule has 0 aliphatic carbocycles. The summed E-state index contributed by atoms with van der Waals surface area (Å²) in [4.78, 5) is 0.965. The molecule has 0 aliphatic heterocycles. The number of alkyl halides is 1. The van der Waals surface area contributed by atoms with Crippen molar-refractivity contribution < 1.29 is 4.39 Å². The van der Waals surface area contributed by atoms with Crippen molar-refractivity contribution in [2.75, 3.05) is 6.26 Å². The van der Waals surface area contributed by atoms with Crippen LogP contribution in [-0.2, 0) is 0 Å². The number of hydrogen-bond donors (Lipinski definition) is 0. The standard InChI is InChI=1S/C14H10Br2ClFS/c1-19-9-4-2-8(3-5-9)14(16)10-6-12(17)11(15)7-13(10)18/h2-7,14H,1H3. The molecule has 0 aliphatic rings. The van der Waals surface area contributed by atoms with Crippen LogP contribution in [0.25, 0.3) is 0 Å². The summed E-state index contributed by atoms with van der Waals surface area (Å²) in [5.41, 5.74) is 1.53. The number of thioether (sulfide) groups is 1. The smallest absolute Gasteiger partial charge is 0.129 e. The van der Waals surface area contributed by atoms with E-state index in [0.717, 1.165) is 5.56 Å². The molecule has 2 aromatic carbocycles. The lowest BCUT2D eigenvalue weighted by Crippen LogP contribution is -1.97. The zero-order chi connectivity index (χ0) is 14.0. The van der Waals surface area contributed by atoms with E-state index in [-0.39, 0.29) is 10.6 Å². The van der Waals surface area contributed by atoms with E-state index in [4.69, 9.17) is 11.6 Å². The molecule has 0 fully saturated rings. The molecule has 19 heavy (non-hydrogen) atoms. The first-order valence-corrected chi connectivity index (χ1v) is 8.76. The maximum atomic E-state index is 14.0. The Kier molecular flexibility index (Phi) is 5.35. The Morgan fingerprint density at radius 1 is 1.21 bits per heavy atom. The first kappa shape index (κ1) is 15.4. The van der Waals surface area contributed by atoms with Crippen molar-refractivity contribution in [2.24, 2.45) is 0 Å². The summed E-state index contributed by atoms with van der Waals surface area (Å²) in [6.07, 6.45) is 2.02. The summed E-state index contributed by atoms with van der Waals surface area (Å²) in [5, 5.41) is 0.501. The van der Waals surface area contributed by atoms with Gasteiger partial charge in [-0.3, -0.25) is 0 Å². The molecule has 0 heterocycles. The van der Waals surface area contributed by atoms with Gasteiger partial charge in [0.25, 0.3) is 0 Å². The van der Waals surface area contributed by atoms with Crippen LogP contribution in [0.5, 0.6) is 0 Å². The zero-order valence-electron chi connectivity index (χ0n) is 9.96. The minimum absolute atomic E-state index is 0.214. The molecule has 1 unspecified atom stereocenters. The number of rotatable bonds is 3. The van der Waals surface area contributed by atoms with Gasteiger partial charge in [0.1, 0.15) is 5.82 Å². The fourth-order valence-electron chi connectivity index (χ4n) is 1.68. The molecule has 0 nitrogen and oxygen atoms in total. The number of hydrogen-bond acceptors (Lipinski definition) is 1. The van der Waals surface area contributed by atoms with Gasteiger partial charge in [-0.25, -0.2) is 4.39 Å². The van der Waals surface area contributed by atoms with Gasteiger partial charge in [-0.1, -0.05) is 39.7 Å². The fourth-order valence-corrected chi connectivity index (χ4v) is 3.24. The van der Waals surface area contributed by atoms with Gasteiger partial charge < -0.3 is 0 Å². The Labute approximate surface area is 138 Å². The Hall–Kier alpha value is -0.0300. The lowest BCUT2D eigenvalue weighted by Gasteiger charge is -2.13. The van der Waals surface area contributed by atoms with E-state index in [1.54, 1.807) is 17.8 Å². The van der Waals surface area contributed by atoms with Crippen LogP contribution in [0.3, 0.4) is 0 Å². The van der Waals surface area contributed by atoms with E-state index >= 15 is 0 Å². The van der Waals surface area contributed by atoms with Crippen LogP contribution in [0.2, 0.25) is 5.02 Å². The van der Waals surface area contributed by atoms with Gasteiger partial charge in [0.15, 0.2) is 0 Å². The lowest BCUT2D eigenvalue weighted by molar-refractivity contribution is 0.612. The monoisotopic (exact) mass is 422 g/mol. The lowest BCUT2D eigenvalue weighted by atomic mass is 10.0. The second-order valence-corrected chi connectivity index (χ2v) is 6.98. The summed E-state index contributed by atoms with van der Waals surface area (Å²) in [5.74, 6) is -0.285. The SMILES string of the molecule is CSc1ccc(C(Br)c2cc(Cl)c(Br)cc2F)cc1. The Balaban J connectivity index is 2.37. The highest BCUT2D eigenvalue weighted by Crippen LogP contribution is 2.36. The van der Waals surface area contributed by atoms with E-state index in [1.165, 1.54) is 11.0 Å². The van der Waals surface area contributed by atoms with Crippen LogP contribution in [0.4, 0.5) is 4.39 Å². The van der Waals surface area contributed by atoms with E-state index in [9.17, 15) is 4.39 Å². The normalized spacial score (nSPS) is 12.5. The molecule has 0 saturated carbocycles. The van der Waals surface area contributed by atoms with Crippen LogP contribution in [0.15, 0.2) is 45.8 Å². The van der Waals surface area contributed by atoms with Gasteiger partial charge in [0, 0.05) is 14.9 Å². The third kappa shape index (κ3) is 3.54. The molecule has 0 saturated heterocycles. The molecular weight excluding hydrogens is 414 g/mol. The maximum absolute atomic E-state index is 14.0. The van der Waals surface area contributed by atoms with Gasteiger partial charge in [0.2, 0.25) is 0 Å². The number of halogens is 4. The van der Waals surface area contributed by atoms with Crippen molar-refractivity contribution in [1.29, 1.82) is 0 Å². The Morgan fingerprint density at radius 3 is 2.42 bits per heavy atom. The summed E-state index contributed by atoms with van der Waals surface area (Å²) in [6.45, 7) is 0. The molecule has 0 aromatic heterocycles. The minimum Gasteiger partial charge on any atom is -0.207 e. The van der Waals surface area contributed by atoms with Gasteiger partial charge in [-0.15, -0.1) is 11.8 Å². The largest absolute Gasteiger partial charge is 0.207 e. The van der Waals surface area contributed by atoms with Crippen molar-refractivity contribution >= 4 is 55.2 Å². The van der Waals surface area contributed by atoms with E-state index in [0.29, 0.717) is 15.1 Å². The second kappa shape index (κ2) is 6.61.